The molecular formula is C15H18N2O2. The molecular weight excluding hydrogens is 240 g/mol. The number of carbonyl (C=O) groups excluding carboxylic acids is 1. The molecule has 0 aliphatic rings. The van der Waals surface area contributed by atoms with Crippen LogP contribution in [0.5, 0.6) is 5.75 Å². The predicted molar refractivity (Wildman–Crippen MR) is 75.8 cm³/mol. The lowest BCUT2D eigenvalue weighted by Crippen LogP contribution is -2.13. The highest BCUT2D eigenvalue weighted by Crippen LogP contribution is 2.24. The molecule has 0 unspecified atom stereocenters. The lowest BCUT2D eigenvalue weighted by molar-refractivity contribution is 0.102. The quantitative estimate of drug-likeness (QED) is 0.884. The van der Waals surface area contributed by atoms with Crippen molar-refractivity contribution in [2.75, 3.05) is 11.9 Å². The van der Waals surface area contributed by atoms with Gasteiger partial charge >= 0.3 is 0 Å². The van der Waals surface area contributed by atoms with Gasteiger partial charge in [0.25, 0.3) is 5.91 Å². The molecule has 0 aliphatic heterocycles. The zero-order chi connectivity index (χ0) is 13.8. The van der Waals surface area contributed by atoms with Crippen LogP contribution < -0.4 is 10.1 Å². The first-order valence-corrected chi connectivity index (χ1v) is 6.31. The molecule has 0 radical (unpaired) electrons. The molecule has 1 aromatic carbocycles. The standard InChI is InChI=1S/C15H18N2O2/c1-4-19-14-8-6-5-7-13(14)17-15(18)12-9-10(2)16-11(12)3/h5-9,16H,4H2,1-3H3,(H,17,18). The van der Waals surface area contributed by atoms with Crippen LogP contribution in [-0.2, 0) is 0 Å². The van der Waals surface area contributed by atoms with Crippen LogP contribution in [0.4, 0.5) is 5.69 Å². The van der Waals surface area contributed by atoms with Crippen LogP contribution in [0.1, 0.15) is 28.7 Å². The van der Waals surface area contributed by atoms with E-state index in [4.69, 9.17) is 4.74 Å². The molecule has 2 N–H and O–H groups in total. The van der Waals surface area contributed by atoms with Crippen molar-refractivity contribution in [2.24, 2.45) is 0 Å². The molecule has 1 heterocycles. The number of aromatic amines is 1. The maximum atomic E-state index is 12.2. The third-order valence-electron chi connectivity index (χ3n) is 2.83. The van der Waals surface area contributed by atoms with Crippen molar-refractivity contribution in [3.63, 3.8) is 0 Å². The van der Waals surface area contributed by atoms with E-state index in [0.29, 0.717) is 23.6 Å². The first kappa shape index (κ1) is 13.2. The fourth-order valence-electron chi connectivity index (χ4n) is 2.00. The number of rotatable bonds is 4. The minimum absolute atomic E-state index is 0.131. The van der Waals surface area contributed by atoms with Gasteiger partial charge in [0.05, 0.1) is 17.9 Å². The number of aromatic nitrogens is 1. The zero-order valence-corrected chi connectivity index (χ0v) is 11.4. The van der Waals surface area contributed by atoms with Gasteiger partial charge < -0.3 is 15.0 Å². The summed E-state index contributed by atoms with van der Waals surface area (Å²) in [5.41, 5.74) is 3.18. The maximum Gasteiger partial charge on any atom is 0.257 e. The van der Waals surface area contributed by atoms with Crippen molar-refractivity contribution in [2.45, 2.75) is 20.8 Å². The fourth-order valence-corrected chi connectivity index (χ4v) is 2.00. The predicted octanol–water partition coefficient (Wildman–Crippen LogP) is 3.28. The highest BCUT2D eigenvalue weighted by atomic mass is 16.5. The number of hydrogen-bond acceptors (Lipinski definition) is 2. The average Bonchev–Trinajstić information content (AvgIpc) is 2.71. The summed E-state index contributed by atoms with van der Waals surface area (Å²) >= 11 is 0. The van der Waals surface area contributed by atoms with Gasteiger partial charge in [-0.25, -0.2) is 0 Å². The third-order valence-corrected chi connectivity index (χ3v) is 2.83. The smallest absolute Gasteiger partial charge is 0.257 e. The Morgan fingerprint density at radius 1 is 1.32 bits per heavy atom. The molecule has 0 fully saturated rings. The molecule has 0 atom stereocenters. The van der Waals surface area contributed by atoms with Crippen LogP contribution in [0.3, 0.4) is 0 Å². The molecule has 0 aliphatic carbocycles. The van der Waals surface area contributed by atoms with E-state index < -0.39 is 0 Å². The van der Waals surface area contributed by atoms with Gasteiger partial charge in [0.2, 0.25) is 0 Å². The van der Waals surface area contributed by atoms with Gasteiger partial charge in [0.1, 0.15) is 5.75 Å². The Balaban J connectivity index is 2.21. The first-order valence-electron chi connectivity index (χ1n) is 6.31. The number of aryl methyl sites for hydroxylation is 2. The van der Waals surface area contributed by atoms with Crippen molar-refractivity contribution >= 4 is 11.6 Å². The Morgan fingerprint density at radius 3 is 2.68 bits per heavy atom. The number of anilines is 1. The highest BCUT2D eigenvalue weighted by Gasteiger charge is 2.13. The van der Waals surface area contributed by atoms with Crippen LogP contribution in [0, 0.1) is 13.8 Å². The summed E-state index contributed by atoms with van der Waals surface area (Å²) in [6, 6.07) is 9.26. The average molecular weight is 258 g/mol. The normalized spacial score (nSPS) is 10.3. The maximum absolute atomic E-state index is 12.2. The van der Waals surface area contributed by atoms with Gasteiger partial charge in [-0.15, -0.1) is 0 Å². The number of H-pyrrole nitrogens is 1. The Morgan fingerprint density at radius 2 is 2.05 bits per heavy atom. The van der Waals surface area contributed by atoms with Gasteiger partial charge in [0.15, 0.2) is 0 Å². The molecule has 0 spiro atoms. The second-order valence-corrected chi connectivity index (χ2v) is 4.37. The molecule has 1 amide bonds. The van der Waals surface area contributed by atoms with E-state index in [1.54, 1.807) is 0 Å². The third kappa shape index (κ3) is 2.96. The van der Waals surface area contributed by atoms with Gasteiger partial charge in [-0.2, -0.15) is 0 Å². The first-order chi connectivity index (χ1) is 9.11. The summed E-state index contributed by atoms with van der Waals surface area (Å²) in [4.78, 5) is 15.3. The second-order valence-electron chi connectivity index (χ2n) is 4.37. The number of para-hydroxylation sites is 2. The SMILES string of the molecule is CCOc1ccccc1NC(=O)c1cc(C)[nH]c1C. The zero-order valence-electron chi connectivity index (χ0n) is 11.4. The minimum Gasteiger partial charge on any atom is -0.492 e. The van der Waals surface area contributed by atoms with E-state index in [0.717, 1.165) is 11.4 Å². The second kappa shape index (κ2) is 5.61. The fraction of sp³-hybridized carbons (Fsp3) is 0.267. The molecule has 4 nitrogen and oxygen atoms in total. The Bertz CT molecular complexity index is 588. The molecule has 1 aromatic heterocycles. The van der Waals surface area contributed by atoms with Gasteiger partial charge in [0, 0.05) is 11.4 Å². The summed E-state index contributed by atoms with van der Waals surface area (Å²) < 4.78 is 5.49. The number of carbonyl (C=O) groups is 1. The highest BCUT2D eigenvalue weighted by molar-refractivity contribution is 6.05. The number of amides is 1. The minimum atomic E-state index is -0.131. The lowest BCUT2D eigenvalue weighted by Gasteiger charge is -2.10. The van der Waals surface area contributed by atoms with Crippen LogP contribution in [0.25, 0.3) is 0 Å². The van der Waals surface area contributed by atoms with Crippen LogP contribution in [-0.4, -0.2) is 17.5 Å². The molecule has 19 heavy (non-hydrogen) atoms. The van der Waals surface area contributed by atoms with Crippen LogP contribution in [0.2, 0.25) is 0 Å². The van der Waals surface area contributed by atoms with Crippen LogP contribution in [0.15, 0.2) is 30.3 Å². The van der Waals surface area contributed by atoms with Crippen LogP contribution >= 0.6 is 0 Å². The summed E-state index contributed by atoms with van der Waals surface area (Å²) in [6.45, 7) is 6.29. The molecule has 0 bridgehead atoms. The van der Waals surface area contributed by atoms with E-state index in [1.807, 2.05) is 51.1 Å². The van der Waals surface area contributed by atoms with E-state index in [1.165, 1.54) is 0 Å². The Hall–Kier alpha value is -2.23. The van der Waals surface area contributed by atoms with Crippen molar-refractivity contribution < 1.29 is 9.53 Å². The number of nitrogens with one attached hydrogen (secondary N) is 2. The lowest BCUT2D eigenvalue weighted by atomic mass is 10.2. The molecule has 2 aromatic rings. The molecule has 100 valence electrons. The van der Waals surface area contributed by atoms with E-state index in [2.05, 4.69) is 10.3 Å². The van der Waals surface area contributed by atoms with E-state index in [9.17, 15) is 4.79 Å². The van der Waals surface area contributed by atoms with Gasteiger partial charge in [-0.3, -0.25) is 4.79 Å². The topological polar surface area (TPSA) is 54.1 Å². The molecule has 0 saturated carbocycles. The Kier molecular flexibility index (Phi) is 3.90. The largest absolute Gasteiger partial charge is 0.492 e. The van der Waals surface area contributed by atoms with Crippen molar-refractivity contribution in [1.29, 1.82) is 0 Å². The summed E-state index contributed by atoms with van der Waals surface area (Å²) in [6.07, 6.45) is 0. The number of hydrogen-bond donors (Lipinski definition) is 2. The van der Waals surface area contributed by atoms with Gasteiger partial charge in [-0.1, -0.05) is 12.1 Å². The van der Waals surface area contributed by atoms with Gasteiger partial charge in [-0.05, 0) is 39.0 Å². The summed E-state index contributed by atoms with van der Waals surface area (Å²) in [5, 5.41) is 2.88. The van der Waals surface area contributed by atoms with Crippen molar-refractivity contribution in [1.82, 2.24) is 4.98 Å². The molecule has 2 rings (SSSR count). The van der Waals surface area contributed by atoms with E-state index >= 15 is 0 Å². The molecule has 0 saturated heterocycles. The number of benzene rings is 1. The summed E-state index contributed by atoms with van der Waals surface area (Å²) in [5.74, 6) is 0.553. The Labute approximate surface area is 112 Å². The monoisotopic (exact) mass is 258 g/mol. The summed E-state index contributed by atoms with van der Waals surface area (Å²) in [7, 11) is 0. The van der Waals surface area contributed by atoms with E-state index in [-0.39, 0.29) is 5.91 Å². The van der Waals surface area contributed by atoms with Crippen molar-refractivity contribution in [3.05, 3.63) is 47.3 Å². The number of ether oxygens (including phenoxy) is 1. The molecule has 4 heteroatoms. The van der Waals surface area contributed by atoms with Crippen molar-refractivity contribution in [3.8, 4) is 5.75 Å².